The average Bonchev–Trinajstić information content (AvgIpc) is 3.60. The van der Waals surface area contributed by atoms with E-state index in [4.69, 9.17) is 13.9 Å². The minimum atomic E-state index is -0.291. The summed E-state index contributed by atoms with van der Waals surface area (Å²) in [5.74, 6) is 0.797. The zero-order chi connectivity index (χ0) is 25.9. The number of hydrogen-bond donors (Lipinski definition) is 1. The van der Waals surface area contributed by atoms with Gasteiger partial charge in [0.1, 0.15) is 18.1 Å². The monoisotopic (exact) mass is 511 g/mol. The standard InChI is InChI=1S/C30H41NO6/c1-3-7-19(14-22-11-12-23(16-32)37-22)10-13-26-27-20(17-35-2)15-24-28(25(27)18-36-26)30(34)31(29(24)33)21-8-5-4-6-9-21/h11-12,14,21,24-26,28,32H,3-10,13,15-18H2,1-2H3/b19-14+/t24-,25+,26-,28-/m1/s1. The van der Waals surface area contributed by atoms with Crippen molar-refractivity contribution in [1.82, 2.24) is 4.90 Å². The number of likely N-dealkylation sites (tertiary alicyclic amines) is 1. The summed E-state index contributed by atoms with van der Waals surface area (Å²) in [7, 11) is 1.70. The number of furan rings is 1. The van der Waals surface area contributed by atoms with Gasteiger partial charge in [0.25, 0.3) is 0 Å². The molecule has 3 heterocycles. The first-order valence-corrected chi connectivity index (χ1v) is 14.1. The van der Waals surface area contributed by atoms with Crippen molar-refractivity contribution in [2.24, 2.45) is 17.8 Å². The highest BCUT2D eigenvalue weighted by molar-refractivity contribution is 6.06. The average molecular weight is 512 g/mol. The lowest BCUT2D eigenvalue weighted by atomic mass is 9.69. The maximum atomic E-state index is 13.7. The first-order chi connectivity index (χ1) is 18.0. The van der Waals surface area contributed by atoms with Crippen LogP contribution in [-0.4, -0.2) is 54.3 Å². The molecule has 0 spiro atoms. The van der Waals surface area contributed by atoms with E-state index in [0.29, 0.717) is 25.4 Å². The van der Waals surface area contributed by atoms with Crippen LogP contribution in [0.25, 0.3) is 6.08 Å². The largest absolute Gasteiger partial charge is 0.459 e. The molecule has 37 heavy (non-hydrogen) atoms. The zero-order valence-electron chi connectivity index (χ0n) is 22.2. The Morgan fingerprint density at radius 1 is 1.14 bits per heavy atom. The van der Waals surface area contributed by atoms with E-state index in [1.54, 1.807) is 18.1 Å². The van der Waals surface area contributed by atoms with Crippen LogP contribution in [0, 0.1) is 17.8 Å². The van der Waals surface area contributed by atoms with Crippen molar-refractivity contribution in [2.75, 3.05) is 20.3 Å². The van der Waals surface area contributed by atoms with Gasteiger partial charge in [-0.15, -0.1) is 0 Å². The Balaban J connectivity index is 1.34. The molecule has 0 aromatic carbocycles. The fourth-order valence-electron chi connectivity index (χ4n) is 7.17. The number of nitrogens with zero attached hydrogens (tertiary/aromatic N) is 1. The van der Waals surface area contributed by atoms with Gasteiger partial charge >= 0.3 is 0 Å². The van der Waals surface area contributed by atoms with Crippen LogP contribution in [0.5, 0.6) is 0 Å². The van der Waals surface area contributed by atoms with Gasteiger partial charge in [-0.3, -0.25) is 14.5 Å². The first-order valence-electron chi connectivity index (χ1n) is 14.1. The van der Waals surface area contributed by atoms with Gasteiger partial charge in [-0.1, -0.05) is 38.2 Å². The van der Waals surface area contributed by atoms with Gasteiger partial charge in [-0.2, -0.15) is 0 Å². The van der Waals surface area contributed by atoms with Crippen molar-refractivity contribution < 1.29 is 28.6 Å². The summed E-state index contributed by atoms with van der Waals surface area (Å²) in [6.07, 6.45) is 11.6. The minimum Gasteiger partial charge on any atom is -0.459 e. The lowest BCUT2D eigenvalue weighted by Crippen LogP contribution is -2.42. The Morgan fingerprint density at radius 2 is 1.95 bits per heavy atom. The molecule has 0 unspecified atom stereocenters. The summed E-state index contributed by atoms with van der Waals surface area (Å²) in [6.45, 7) is 3.04. The Bertz CT molecular complexity index is 1050. The van der Waals surface area contributed by atoms with E-state index >= 15 is 0 Å². The molecule has 2 aliphatic carbocycles. The number of allylic oxidation sites excluding steroid dienone is 1. The third-order valence-electron chi connectivity index (χ3n) is 8.78. The summed E-state index contributed by atoms with van der Waals surface area (Å²) < 4.78 is 17.6. The van der Waals surface area contributed by atoms with Crippen LogP contribution in [0.3, 0.4) is 0 Å². The summed E-state index contributed by atoms with van der Waals surface area (Å²) >= 11 is 0. The molecule has 2 amide bonds. The molecule has 2 aliphatic heterocycles. The van der Waals surface area contributed by atoms with Gasteiger partial charge in [0.2, 0.25) is 11.8 Å². The van der Waals surface area contributed by atoms with Gasteiger partial charge in [-0.25, -0.2) is 0 Å². The number of aliphatic hydroxyl groups excluding tert-OH is 1. The molecular weight excluding hydrogens is 470 g/mol. The topological polar surface area (TPSA) is 89.2 Å². The van der Waals surface area contributed by atoms with Crippen molar-refractivity contribution in [3.63, 3.8) is 0 Å². The van der Waals surface area contributed by atoms with Gasteiger partial charge in [0.05, 0.1) is 31.2 Å². The summed E-state index contributed by atoms with van der Waals surface area (Å²) in [4.78, 5) is 28.9. The fraction of sp³-hybridized carbons (Fsp3) is 0.667. The van der Waals surface area contributed by atoms with Crippen molar-refractivity contribution >= 4 is 17.9 Å². The minimum absolute atomic E-state index is 0.0327. The normalized spacial score (nSPS) is 28.8. The summed E-state index contributed by atoms with van der Waals surface area (Å²) in [5.41, 5.74) is 3.65. The third kappa shape index (κ3) is 5.23. The molecule has 1 N–H and O–H groups in total. The molecule has 0 radical (unpaired) electrons. The number of hydrogen-bond acceptors (Lipinski definition) is 6. The van der Waals surface area contributed by atoms with Crippen LogP contribution in [0.2, 0.25) is 0 Å². The van der Waals surface area contributed by atoms with Gasteiger partial charge in [-0.05, 0) is 67.9 Å². The molecule has 7 heteroatoms. The molecule has 4 aliphatic rings. The predicted octanol–water partition coefficient (Wildman–Crippen LogP) is 5.03. The van der Waals surface area contributed by atoms with E-state index < -0.39 is 0 Å². The number of rotatable bonds is 10. The molecule has 1 aromatic heterocycles. The van der Waals surface area contributed by atoms with Crippen LogP contribution >= 0.6 is 0 Å². The van der Waals surface area contributed by atoms with E-state index in [9.17, 15) is 14.7 Å². The Kier molecular flexibility index (Phi) is 8.32. The zero-order valence-corrected chi connectivity index (χ0v) is 22.2. The highest BCUT2D eigenvalue weighted by Gasteiger charge is 2.58. The van der Waals surface area contributed by atoms with Crippen molar-refractivity contribution in [2.45, 2.75) is 89.9 Å². The summed E-state index contributed by atoms with van der Waals surface area (Å²) in [6, 6.07) is 3.77. The van der Waals surface area contributed by atoms with Crippen molar-refractivity contribution in [1.29, 1.82) is 0 Å². The highest BCUT2D eigenvalue weighted by atomic mass is 16.5. The smallest absolute Gasteiger partial charge is 0.234 e. The number of ether oxygens (including phenoxy) is 2. The molecule has 4 atom stereocenters. The maximum Gasteiger partial charge on any atom is 0.234 e. The number of carbonyl (C=O) groups is 2. The van der Waals surface area contributed by atoms with E-state index in [0.717, 1.165) is 62.7 Å². The Morgan fingerprint density at radius 3 is 2.65 bits per heavy atom. The molecule has 1 saturated carbocycles. The molecular formula is C30H41NO6. The van der Waals surface area contributed by atoms with E-state index in [2.05, 4.69) is 13.0 Å². The number of imide groups is 1. The first kappa shape index (κ1) is 26.4. The Labute approximate surface area is 219 Å². The lowest BCUT2D eigenvalue weighted by Gasteiger charge is -2.31. The van der Waals surface area contributed by atoms with Crippen LogP contribution in [0.1, 0.15) is 82.7 Å². The number of fused-ring (bicyclic) bond motifs is 3. The third-order valence-corrected chi connectivity index (χ3v) is 8.78. The second kappa shape index (κ2) is 11.7. The van der Waals surface area contributed by atoms with Crippen molar-refractivity contribution in [3.05, 3.63) is 40.4 Å². The fourth-order valence-corrected chi connectivity index (χ4v) is 7.17. The number of carbonyl (C=O) groups excluding carboxylic acids is 2. The number of amides is 2. The van der Waals surface area contributed by atoms with Crippen LogP contribution in [-0.2, 0) is 25.7 Å². The molecule has 202 valence electrons. The molecule has 3 fully saturated rings. The molecule has 7 nitrogen and oxygen atoms in total. The SMILES string of the molecule is CCC/C(=C\c1ccc(CO)o1)CC[C@H]1OC[C@H]2C1=C(COC)C[C@H]1C(=O)N(C3CCCCC3)C(=O)[C@H]12. The molecule has 5 rings (SSSR count). The lowest BCUT2D eigenvalue weighted by molar-refractivity contribution is -0.143. The van der Waals surface area contributed by atoms with E-state index in [-0.39, 0.29) is 48.3 Å². The Hall–Kier alpha value is -2.22. The van der Waals surface area contributed by atoms with Crippen LogP contribution in [0.4, 0.5) is 0 Å². The van der Waals surface area contributed by atoms with E-state index in [1.165, 1.54) is 17.6 Å². The molecule has 1 aromatic rings. The number of aliphatic hydroxyl groups is 1. The van der Waals surface area contributed by atoms with Crippen LogP contribution in [0.15, 0.2) is 33.3 Å². The maximum absolute atomic E-state index is 13.7. The van der Waals surface area contributed by atoms with Gasteiger partial charge < -0.3 is 19.0 Å². The predicted molar refractivity (Wildman–Crippen MR) is 139 cm³/mol. The van der Waals surface area contributed by atoms with Crippen LogP contribution < -0.4 is 0 Å². The second-order valence-electron chi connectivity index (χ2n) is 11.1. The second-order valence-corrected chi connectivity index (χ2v) is 11.1. The quantitative estimate of drug-likeness (QED) is 0.350. The summed E-state index contributed by atoms with van der Waals surface area (Å²) in [5, 5.41) is 9.31. The molecule has 2 saturated heterocycles. The number of methoxy groups -OCH3 is 1. The highest BCUT2D eigenvalue weighted by Crippen LogP contribution is 2.50. The van der Waals surface area contributed by atoms with E-state index in [1.807, 2.05) is 6.07 Å². The van der Waals surface area contributed by atoms with Gasteiger partial charge in [0, 0.05) is 19.1 Å². The molecule has 0 bridgehead atoms. The van der Waals surface area contributed by atoms with Gasteiger partial charge in [0.15, 0.2) is 0 Å². The van der Waals surface area contributed by atoms with Crippen molar-refractivity contribution in [3.8, 4) is 0 Å².